The van der Waals surface area contributed by atoms with E-state index in [1.165, 1.54) is 11.5 Å². The first-order valence-electron chi connectivity index (χ1n) is 4.43. The van der Waals surface area contributed by atoms with E-state index in [1.807, 2.05) is 0 Å². The Balaban J connectivity index is 1.95. The summed E-state index contributed by atoms with van der Waals surface area (Å²) in [4.78, 5) is 0.846. The molecule has 0 radical (unpaired) electrons. The van der Waals surface area contributed by atoms with Gasteiger partial charge in [-0.3, -0.25) is 0 Å². The number of nitrogens with one attached hydrogen (secondary N) is 1. The highest BCUT2D eigenvalue weighted by molar-refractivity contribution is 7.90. The monoisotopic (exact) mass is 249 g/mol. The Morgan fingerprint density at radius 3 is 2.80 bits per heavy atom. The normalized spacial score (nSPS) is 17.7. The molecule has 1 aromatic heterocycles. The maximum absolute atomic E-state index is 11.6. The van der Waals surface area contributed by atoms with Crippen LogP contribution in [0.3, 0.4) is 0 Å². The molecule has 2 rings (SSSR count). The van der Waals surface area contributed by atoms with E-state index in [1.54, 1.807) is 6.92 Å². The van der Waals surface area contributed by atoms with Gasteiger partial charge in [0.25, 0.3) is 0 Å². The Labute approximate surface area is 91.9 Å². The zero-order valence-electron chi connectivity index (χ0n) is 8.13. The minimum absolute atomic E-state index is 0.266. The Morgan fingerprint density at radius 1 is 1.60 bits per heavy atom. The van der Waals surface area contributed by atoms with Crippen LogP contribution in [0.4, 0.5) is 0 Å². The molecule has 6 nitrogen and oxygen atoms in total. The first-order chi connectivity index (χ1) is 7.09. The quantitative estimate of drug-likeness (QED) is 0.790. The van der Waals surface area contributed by atoms with Gasteiger partial charge in [0, 0.05) is 6.54 Å². The second-order valence-electron chi connectivity index (χ2n) is 3.31. The van der Waals surface area contributed by atoms with Crippen molar-refractivity contribution in [1.29, 1.82) is 0 Å². The second-order valence-corrected chi connectivity index (χ2v) is 6.19. The number of nitrogens with zero attached hydrogens (tertiary/aromatic N) is 2. The summed E-state index contributed by atoms with van der Waals surface area (Å²) in [6.45, 7) is 2.65. The van der Waals surface area contributed by atoms with Crippen molar-refractivity contribution in [3.63, 3.8) is 0 Å². The summed E-state index contributed by atoms with van der Waals surface area (Å²) < 4.78 is 34.3. The van der Waals surface area contributed by atoms with E-state index in [0.717, 1.165) is 10.6 Å². The average Bonchev–Trinajstić information content (AvgIpc) is 2.43. The third-order valence-electron chi connectivity index (χ3n) is 2.23. The van der Waals surface area contributed by atoms with E-state index in [0.29, 0.717) is 0 Å². The maximum Gasteiger partial charge on any atom is 0.219 e. The van der Waals surface area contributed by atoms with Crippen LogP contribution in [0.25, 0.3) is 0 Å². The van der Waals surface area contributed by atoms with Crippen LogP contribution in [0.15, 0.2) is 0 Å². The zero-order chi connectivity index (χ0) is 10.9. The maximum atomic E-state index is 11.6. The molecule has 15 heavy (non-hydrogen) atoms. The molecule has 0 saturated carbocycles. The molecule has 1 aromatic rings. The molecular formula is C7H11N3O3S2. The Bertz CT molecular complexity index is 438. The zero-order valence-corrected chi connectivity index (χ0v) is 9.77. The van der Waals surface area contributed by atoms with Crippen LogP contribution < -0.4 is 4.72 Å². The van der Waals surface area contributed by atoms with Crippen molar-refractivity contribution in [3.05, 3.63) is 10.6 Å². The van der Waals surface area contributed by atoms with Crippen LogP contribution in [-0.4, -0.2) is 36.5 Å². The lowest BCUT2D eigenvalue weighted by atomic mass is 10.4. The van der Waals surface area contributed by atoms with Crippen molar-refractivity contribution >= 4 is 21.6 Å². The second kappa shape index (κ2) is 4.12. The largest absolute Gasteiger partial charge is 0.378 e. The fourth-order valence-electron chi connectivity index (χ4n) is 1.09. The van der Waals surface area contributed by atoms with Gasteiger partial charge in [-0.25, -0.2) is 13.1 Å². The number of ether oxygens (including phenoxy) is 1. The lowest BCUT2D eigenvalue weighted by molar-refractivity contribution is 0.0411. The molecule has 2 heterocycles. The molecule has 0 bridgehead atoms. The molecular weight excluding hydrogens is 238 g/mol. The number of aromatic nitrogens is 2. The third kappa shape index (κ3) is 2.33. The number of rotatable bonds is 4. The average molecular weight is 249 g/mol. The van der Waals surface area contributed by atoms with Crippen LogP contribution in [-0.2, 0) is 21.3 Å². The molecule has 1 fully saturated rings. The Morgan fingerprint density at radius 2 is 2.33 bits per heavy atom. The van der Waals surface area contributed by atoms with Crippen molar-refractivity contribution in [2.24, 2.45) is 0 Å². The van der Waals surface area contributed by atoms with Gasteiger partial charge >= 0.3 is 0 Å². The van der Waals surface area contributed by atoms with Crippen LogP contribution in [0.2, 0.25) is 0 Å². The molecule has 0 atom stereocenters. The van der Waals surface area contributed by atoms with Crippen molar-refractivity contribution in [2.45, 2.75) is 18.7 Å². The molecule has 1 N–H and O–H groups in total. The Hall–Kier alpha value is -0.570. The minimum atomic E-state index is -3.24. The standard InChI is InChI=1S/C7H11N3O3S2/c1-5-7(14-10-9-5)2-8-15(11,12)6-3-13-4-6/h6,8H,2-4H2,1H3. The molecule has 0 spiro atoms. The number of sulfonamides is 1. The van der Waals surface area contributed by atoms with Gasteiger partial charge < -0.3 is 4.74 Å². The van der Waals surface area contributed by atoms with Gasteiger partial charge in [-0.15, -0.1) is 5.10 Å². The van der Waals surface area contributed by atoms with E-state index in [9.17, 15) is 8.42 Å². The molecule has 1 aliphatic heterocycles. The molecule has 84 valence electrons. The van der Waals surface area contributed by atoms with Crippen LogP contribution >= 0.6 is 11.5 Å². The fourth-order valence-corrected chi connectivity index (χ4v) is 2.89. The fraction of sp³-hybridized carbons (Fsp3) is 0.714. The Kier molecular flexibility index (Phi) is 3.01. The number of hydrogen-bond donors (Lipinski definition) is 1. The van der Waals surface area contributed by atoms with Gasteiger partial charge in [-0.2, -0.15) is 0 Å². The minimum Gasteiger partial charge on any atom is -0.378 e. The number of aryl methyl sites for hydroxylation is 1. The topological polar surface area (TPSA) is 81.2 Å². The highest BCUT2D eigenvalue weighted by Crippen LogP contribution is 2.13. The highest BCUT2D eigenvalue weighted by atomic mass is 32.2. The molecule has 0 aromatic carbocycles. The summed E-state index contributed by atoms with van der Waals surface area (Å²) in [6, 6.07) is 0. The summed E-state index contributed by atoms with van der Waals surface area (Å²) in [5.74, 6) is 0. The molecule has 8 heteroatoms. The smallest absolute Gasteiger partial charge is 0.219 e. The van der Waals surface area contributed by atoms with Gasteiger partial charge in [0.15, 0.2) is 0 Å². The first kappa shape index (κ1) is 10.9. The van der Waals surface area contributed by atoms with Gasteiger partial charge in [0.1, 0.15) is 5.25 Å². The summed E-state index contributed by atoms with van der Waals surface area (Å²) in [6.07, 6.45) is 0. The lowest BCUT2D eigenvalue weighted by Gasteiger charge is -2.25. The van der Waals surface area contributed by atoms with Crippen LogP contribution in [0.5, 0.6) is 0 Å². The first-order valence-corrected chi connectivity index (χ1v) is 6.75. The van der Waals surface area contributed by atoms with Crippen molar-refractivity contribution in [1.82, 2.24) is 14.3 Å². The van der Waals surface area contributed by atoms with Crippen LogP contribution in [0.1, 0.15) is 10.6 Å². The third-order valence-corrected chi connectivity index (χ3v) is 4.75. The molecule has 0 unspecified atom stereocenters. The molecule has 0 aliphatic carbocycles. The van der Waals surface area contributed by atoms with Crippen molar-refractivity contribution in [3.8, 4) is 0 Å². The summed E-state index contributed by atoms with van der Waals surface area (Å²) in [5.41, 5.74) is 0.771. The lowest BCUT2D eigenvalue weighted by Crippen LogP contribution is -2.46. The summed E-state index contributed by atoms with van der Waals surface area (Å²) >= 11 is 1.21. The van der Waals surface area contributed by atoms with Gasteiger partial charge in [-0.1, -0.05) is 4.49 Å². The van der Waals surface area contributed by atoms with Crippen LogP contribution in [0, 0.1) is 6.92 Å². The van der Waals surface area contributed by atoms with Crippen molar-refractivity contribution in [2.75, 3.05) is 13.2 Å². The summed E-state index contributed by atoms with van der Waals surface area (Å²) in [5, 5.41) is 3.40. The predicted molar refractivity (Wildman–Crippen MR) is 55.0 cm³/mol. The van der Waals surface area contributed by atoms with E-state index in [-0.39, 0.29) is 19.8 Å². The molecule has 1 aliphatic rings. The molecule has 1 saturated heterocycles. The van der Waals surface area contributed by atoms with E-state index in [2.05, 4.69) is 14.3 Å². The predicted octanol–water partition coefficient (Wildman–Crippen LogP) is -0.335. The van der Waals surface area contributed by atoms with Gasteiger partial charge in [0.2, 0.25) is 10.0 Å². The number of hydrogen-bond acceptors (Lipinski definition) is 6. The highest BCUT2D eigenvalue weighted by Gasteiger charge is 2.32. The SMILES string of the molecule is Cc1nnsc1CNS(=O)(=O)C1COC1. The van der Waals surface area contributed by atoms with E-state index < -0.39 is 15.3 Å². The van der Waals surface area contributed by atoms with E-state index in [4.69, 9.17) is 4.74 Å². The van der Waals surface area contributed by atoms with E-state index >= 15 is 0 Å². The van der Waals surface area contributed by atoms with Gasteiger partial charge in [-0.05, 0) is 18.5 Å². The van der Waals surface area contributed by atoms with Gasteiger partial charge in [0.05, 0.1) is 23.8 Å². The summed E-state index contributed by atoms with van der Waals surface area (Å²) in [7, 11) is -3.24. The van der Waals surface area contributed by atoms with Crippen molar-refractivity contribution < 1.29 is 13.2 Å². The molecule has 0 amide bonds.